The van der Waals surface area contributed by atoms with Crippen molar-refractivity contribution >= 4 is 28.7 Å². The van der Waals surface area contributed by atoms with Gasteiger partial charge in [0.25, 0.3) is 11.8 Å². The molecule has 0 bridgehead atoms. The van der Waals surface area contributed by atoms with E-state index >= 15 is 0 Å². The molecule has 1 aliphatic heterocycles. The van der Waals surface area contributed by atoms with Crippen molar-refractivity contribution < 1.29 is 9.59 Å². The van der Waals surface area contributed by atoms with Crippen molar-refractivity contribution in [1.29, 1.82) is 0 Å². The molecule has 9 nitrogen and oxygen atoms in total. The maximum atomic E-state index is 13.0. The topological polar surface area (TPSA) is 108 Å². The van der Waals surface area contributed by atoms with Gasteiger partial charge < -0.3 is 19.6 Å². The molecular formula is C22H25N7O2S. The number of nitrogens with zero attached hydrogens (tertiary/aromatic N) is 5. The highest BCUT2D eigenvalue weighted by Crippen LogP contribution is 2.17. The second kappa shape index (κ2) is 9.73. The number of imidazole rings is 2. The Kier molecular flexibility index (Phi) is 6.60. The summed E-state index contributed by atoms with van der Waals surface area (Å²) in [5, 5.41) is 6.07. The minimum absolute atomic E-state index is 0.0381. The molecule has 0 saturated carbocycles. The quantitative estimate of drug-likeness (QED) is 0.498. The van der Waals surface area contributed by atoms with Crippen LogP contribution in [0.15, 0.2) is 48.6 Å². The number of aromatic amines is 1. The molecule has 1 saturated heterocycles. The van der Waals surface area contributed by atoms with Gasteiger partial charge in [-0.25, -0.2) is 9.97 Å². The van der Waals surface area contributed by atoms with Crippen LogP contribution in [0.4, 0.5) is 0 Å². The van der Waals surface area contributed by atoms with Crippen molar-refractivity contribution in [2.45, 2.75) is 32.7 Å². The molecule has 5 rings (SSSR count). The van der Waals surface area contributed by atoms with Crippen molar-refractivity contribution in [3.63, 3.8) is 0 Å². The Bertz CT molecular complexity index is 1200. The summed E-state index contributed by atoms with van der Waals surface area (Å²) in [7, 11) is 0. The third-order valence-corrected chi connectivity index (χ3v) is 5.90. The van der Waals surface area contributed by atoms with Gasteiger partial charge in [-0.1, -0.05) is 0 Å². The van der Waals surface area contributed by atoms with Crippen LogP contribution in [0.3, 0.4) is 0 Å². The highest BCUT2D eigenvalue weighted by Gasteiger charge is 2.27. The monoisotopic (exact) mass is 451 g/mol. The van der Waals surface area contributed by atoms with Crippen LogP contribution in [-0.4, -0.2) is 60.2 Å². The van der Waals surface area contributed by atoms with Crippen LogP contribution in [0, 0.1) is 13.8 Å². The minimum Gasteiger partial charge on any atom is -0.345 e. The van der Waals surface area contributed by atoms with E-state index in [9.17, 15) is 9.59 Å². The van der Waals surface area contributed by atoms with Crippen molar-refractivity contribution in [3.05, 3.63) is 70.7 Å². The number of aryl methyl sites for hydroxylation is 2. The zero-order valence-electron chi connectivity index (χ0n) is 18.0. The van der Waals surface area contributed by atoms with E-state index in [-0.39, 0.29) is 17.9 Å². The second-order valence-electron chi connectivity index (χ2n) is 7.64. The molecular weight excluding hydrogens is 426 g/mol. The van der Waals surface area contributed by atoms with Crippen LogP contribution in [0.5, 0.6) is 0 Å². The number of carbonyl (C=O) groups excluding carboxylic acids is 2. The molecule has 0 radical (unpaired) electrons. The van der Waals surface area contributed by atoms with Gasteiger partial charge >= 0.3 is 0 Å². The van der Waals surface area contributed by atoms with Gasteiger partial charge in [-0.05, 0) is 38.8 Å². The highest BCUT2D eigenvalue weighted by atomic mass is 32.1. The summed E-state index contributed by atoms with van der Waals surface area (Å²) in [5.41, 5.74) is 2.25. The zero-order chi connectivity index (χ0) is 22.5. The molecule has 0 aliphatic carbocycles. The summed E-state index contributed by atoms with van der Waals surface area (Å²) in [4.78, 5) is 42.1. The molecule has 1 atom stereocenters. The molecule has 2 N–H and O–H groups in total. The predicted octanol–water partition coefficient (Wildman–Crippen LogP) is 2.85. The number of aromatic nitrogens is 5. The SMILES string of the molecule is Cc1cnc(C(=O)NC2CCCN(C(=O)c3cccn4cncc34)C2)[nH]1.Cc1nccs1. The molecule has 0 spiro atoms. The molecule has 10 heteroatoms. The number of likely N-dealkylation sites (tertiary alicyclic amines) is 1. The van der Waals surface area contributed by atoms with Crippen LogP contribution in [-0.2, 0) is 0 Å². The van der Waals surface area contributed by atoms with E-state index in [1.807, 2.05) is 42.0 Å². The van der Waals surface area contributed by atoms with Crippen molar-refractivity contribution in [3.8, 4) is 0 Å². The third-order valence-electron chi connectivity index (χ3n) is 5.20. The lowest BCUT2D eigenvalue weighted by atomic mass is 10.0. The Hall–Kier alpha value is -3.53. The first-order valence-corrected chi connectivity index (χ1v) is 11.3. The fraction of sp³-hybridized carbons (Fsp3) is 0.318. The maximum Gasteiger partial charge on any atom is 0.287 e. The van der Waals surface area contributed by atoms with Gasteiger partial charge in [0, 0.05) is 48.8 Å². The van der Waals surface area contributed by atoms with E-state index in [0.717, 1.165) is 29.1 Å². The summed E-state index contributed by atoms with van der Waals surface area (Å²) in [6.45, 7) is 5.01. The van der Waals surface area contributed by atoms with E-state index in [4.69, 9.17) is 0 Å². The van der Waals surface area contributed by atoms with Crippen LogP contribution in [0.2, 0.25) is 0 Å². The summed E-state index contributed by atoms with van der Waals surface area (Å²) in [6.07, 6.45) is 10.3. The number of H-pyrrole nitrogens is 1. The molecule has 2 amide bonds. The van der Waals surface area contributed by atoms with Gasteiger partial charge in [0.1, 0.15) is 0 Å². The third kappa shape index (κ3) is 5.02. The molecule has 5 heterocycles. The molecule has 166 valence electrons. The first kappa shape index (κ1) is 21.7. The van der Waals surface area contributed by atoms with Gasteiger partial charge in [0.2, 0.25) is 0 Å². The first-order chi connectivity index (χ1) is 15.5. The van der Waals surface area contributed by atoms with Gasteiger partial charge in [0.05, 0.1) is 28.6 Å². The number of carbonyl (C=O) groups is 2. The van der Waals surface area contributed by atoms with Crippen molar-refractivity contribution in [2.24, 2.45) is 0 Å². The summed E-state index contributed by atoms with van der Waals surface area (Å²) >= 11 is 1.67. The summed E-state index contributed by atoms with van der Waals surface area (Å²) < 4.78 is 1.83. The van der Waals surface area contributed by atoms with Gasteiger partial charge in [-0.15, -0.1) is 11.3 Å². The Labute approximate surface area is 189 Å². The largest absolute Gasteiger partial charge is 0.345 e. The van der Waals surface area contributed by atoms with Crippen LogP contribution in [0.25, 0.3) is 5.52 Å². The standard InChI is InChI=1S/C18H20N6O2.C4H5NS/c1-12-8-20-16(21-12)17(25)22-13-4-2-6-23(10-13)18(26)14-5-3-7-24-11-19-9-15(14)24;1-4-5-2-3-6-4/h3,5,7-9,11,13H,2,4,6,10H2,1H3,(H,20,21)(H,22,25);2-3H,1H3. The van der Waals surface area contributed by atoms with Gasteiger partial charge in [0.15, 0.2) is 5.82 Å². The highest BCUT2D eigenvalue weighted by molar-refractivity contribution is 7.09. The number of fused-ring (bicyclic) bond motifs is 1. The Morgan fingerprint density at radius 1 is 1.25 bits per heavy atom. The van der Waals surface area contributed by atoms with Crippen LogP contribution in [0.1, 0.15) is 44.5 Å². The maximum absolute atomic E-state index is 13.0. The number of hydrogen-bond donors (Lipinski definition) is 2. The number of pyridine rings is 1. The van der Waals surface area contributed by atoms with Crippen LogP contribution < -0.4 is 5.32 Å². The summed E-state index contributed by atoms with van der Waals surface area (Å²) in [6, 6.07) is 3.56. The zero-order valence-corrected chi connectivity index (χ0v) is 18.8. The smallest absolute Gasteiger partial charge is 0.287 e. The number of rotatable bonds is 3. The van der Waals surface area contributed by atoms with E-state index in [1.165, 1.54) is 0 Å². The second-order valence-corrected chi connectivity index (χ2v) is 8.74. The molecule has 4 aromatic heterocycles. The predicted molar refractivity (Wildman–Crippen MR) is 122 cm³/mol. The number of thiazole rings is 1. The number of amides is 2. The molecule has 1 aliphatic rings. The molecule has 32 heavy (non-hydrogen) atoms. The number of piperidine rings is 1. The van der Waals surface area contributed by atoms with Crippen molar-refractivity contribution in [2.75, 3.05) is 13.1 Å². The van der Waals surface area contributed by atoms with E-state index in [1.54, 1.807) is 41.2 Å². The molecule has 4 aromatic rings. The number of nitrogens with one attached hydrogen (secondary N) is 2. The molecule has 1 fully saturated rings. The fourth-order valence-corrected chi connectivity index (χ4v) is 4.10. The normalized spacial score (nSPS) is 15.8. The summed E-state index contributed by atoms with van der Waals surface area (Å²) in [5.74, 6) is 0.0224. The molecule has 1 unspecified atom stereocenters. The van der Waals surface area contributed by atoms with E-state index in [2.05, 4.69) is 25.3 Å². The van der Waals surface area contributed by atoms with Crippen LogP contribution >= 0.6 is 11.3 Å². The average molecular weight is 452 g/mol. The lowest BCUT2D eigenvalue weighted by Gasteiger charge is -2.33. The minimum atomic E-state index is -0.240. The Morgan fingerprint density at radius 3 is 2.81 bits per heavy atom. The Morgan fingerprint density at radius 2 is 2.12 bits per heavy atom. The number of hydrogen-bond acceptors (Lipinski definition) is 6. The Balaban J connectivity index is 0.000000354. The lowest BCUT2D eigenvalue weighted by molar-refractivity contribution is 0.0676. The van der Waals surface area contributed by atoms with Gasteiger partial charge in [-0.2, -0.15) is 0 Å². The van der Waals surface area contributed by atoms with Crippen molar-refractivity contribution in [1.82, 2.24) is 34.6 Å². The lowest BCUT2D eigenvalue weighted by Crippen LogP contribution is -2.49. The van der Waals surface area contributed by atoms with E-state index < -0.39 is 0 Å². The van der Waals surface area contributed by atoms with Gasteiger partial charge in [-0.3, -0.25) is 14.6 Å². The first-order valence-electron chi connectivity index (χ1n) is 10.4. The fourth-order valence-electron chi connectivity index (χ4n) is 3.66. The average Bonchev–Trinajstić information content (AvgIpc) is 3.55. The van der Waals surface area contributed by atoms with E-state index in [0.29, 0.717) is 24.5 Å². The molecule has 0 aromatic carbocycles.